The zero-order valence-corrected chi connectivity index (χ0v) is 21.3. The van der Waals surface area contributed by atoms with Crippen LogP contribution in [0.25, 0.3) is 0 Å². The fourth-order valence-corrected chi connectivity index (χ4v) is 4.93. The largest absolute Gasteiger partial charge is 0.357 e. The number of sulfonamides is 1. The van der Waals surface area contributed by atoms with Crippen molar-refractivity contribution in [2.24, 2.45) is 0 Å². The second kappa shape index (κ2) is 12.3. The van der Waals surface area contributed by atoms with Crippen molar-refractivity contribution in [3.63, 3.8) is 0 Å². The molecule has 0 aromatic heterocycles. The first kappa shape index (κ1) is 27.0. The van der Waals surface area contributed by atoms with Gasteiger partial charge in [-0.15, -0.1) is 0 Å². The third-order valence-corrected chi connectivity index (χ3v) is 6.89. The van der Waals surface area contributed by atoms with Gasteiger partial charge in [0.05, 0.1) is 17.0 Å². The third kappa shape index (κ3) is 7.62. The average Bonchev–Trinajstić information content (AvgIpc) is 2.78. The molecule has 0 radical (unpaired) electrons. The minimum Gasteiger partial charge on any atom is -0.357 e. The van der Waals surface area contributed by atoms with Crippen LogP contribution in [0.4, 0.5) is 5.69 Å². The van der Waals surface area contributed by atoms with Crippen LogP contribution < -0.4 is 9.62 Å². The highest BCUT2D eigenvalue weighted by atomic mass is 35.5. The molecule has 180 valence electrons. The Balaban J connectivity index is 2.20. The maximum atomic E-state index is 13.2. The first-order valence-corrected chi connectivity index (χ1v) is 13.2. The molecule has 0 unspecified atom stereocenters. The normalized spacial score (nSPS) is 12.2. The molecule has 0 fully saturated rings. The van der Waals surface area contributed by atoms with Gasteiger partial charge in [0, 0.05) is 31.6 Å². The van der Waals surface area contributed by atoms with Gasteiger partial charge in [-0.2, -0.15) is 0 Å². The number of nitrogens with zero attached hydrogens (tertiary/aromatic N) is 2. The van der Waals surface area contributed by atoms with Gasteiger partial charge in [-0.3, -0.25) is 13.9 Å². The maximum absolute atomic E-state index is 13.2. The zero-order chi connectivity index (χ0) is 24.6. The predicted octanol–water partition coefficient (Wildman–Crippen LogP) is 4.09. The Bertz CT molecular complexity index is 1060. The second-order valence-corrected chi connectivity index (χ2v) is 10.3. The molecule has 10 heteroatoms. The molecule has 2 amide bonds. The van der Waals surface area contributed by atoms with Crippen molar-refractivity contribution in [3.8, 4) is 0 Å². The number of nitrogens with one attached hydrogen (secondary N) is 1. The van der Waals surface area contributed by atoms with E-state index in [0.717, 1.165) is 16.1 Å². The van der Waals surface area contributed by atoms with Crippen molar-refractivity contribution >= 4 is 50.7 Å². The van der Waals surface area contributed by atoms with Crippen molar-refractivity contribution in [3.05, 3.63) is 64.1 Å². The SMILES string of the molecule is CC[C@@H](C(=O)NC)N(Cc1ccccc1)C(=O)CCCN(c1cc(Cl)ccc1Cl)S(C)(=O)=O. The lowest BCUT2D eigenvalue weighted by molar-refractivity contribution is -0.141. The molecule has 0 saturated heterocycles. The number of carbonyl (C=O) groups is 2. The molecule has 0 bridgehead atoms. The lowest BCUT2D eigenvalue weighted by Crippen LogP contribution is -2.48. The van der Waals surface area contributed by atoms with Gasteiger partial charge in [0.1, 0.15) is 6.04 Å². The minimum atomic E-state index is -3.66. The van der Waals surface area contributed by atoms with Gasteiger partial charge in [0.15, 0.2) is 0 Å². The molecule has 0 heterocycles. The molecular formula is C23H29Cl2N3O4S. The number of carbonyl (C=O) groups excluding carboxylic acids is 2. The summed E-state index contributed by atoms with van der Waals surface area (Å²) in [7, 11) is -2.12. The number of anilines is 1. The number of amides is 2. The Morgan fingerprint density at radius 1 is 1.09 bits per heavy atom. The lowest BCUT2D eigenvalue weighted by Gasteiger charge is -2.31. The summed E-state index contributed by atoms with van der Waals surface area (Å²) in [6.07, 6.45) is 1.83. The lowest BCUT2D eigenvalue weighted by atomic mass is 10.1. The number of halogens is 2. The summed E-state index contributed by atoms with van der Waals surface area (Å²) >= 11 is 12.2. The van der Waals surface area contributed by atoms with E-state index in [1.807, 2.05) is 37.3 Å². The zero-order valence-electron chi connectivity index (χ0n) is 18.9. The maximum Gasteiger partial charge on any atom is 0.242 e. The van der Waals surface area contributed by atoms with E-state index < -0.39 is 16.1 Å². The molecule has 0 spiro atoms. The van der Waals surface area contributed by atoms with Crippen LogP contribution in [0, 0.1) is 0 Å². The van der Waals surface area contributed by atoms with Crippen molar-refractivity contribution in [1.82, 2.24) is 10.2 Å². The second-order valence-electron chi connectivity index (χ2n) is 7.58. The van der Waals surface area contributed by atoms with Gasteiger partial charge in [0.25, 0.3) is 0 Å². The van der Waals surface area contributed by atoms with Crippen LogP contribution >= 0.6 is 23.2 Å². The van der Waals surface area contributed by atoms with Crippen LogP contribution in [0.5, 0.6) is 0 Å². The van der Waals surface area contributed by atoms with Gasteiger partial charge in [-0.1, -0.05) is 60.5 Å². The number of rotatable bonds is 11. The van der Waals surface area contributed by atoms with E-state index in [0.29, 0.717) is 11.4 Å². The smallest absolute Gasteiger partial charge is 0.242 e. The van der Waals surface area contributed by atoms with E-state index >= 15 is 0 Å². The van der Waals surface area contributed by atoms with Gasteiger partial charge in [0.2, 0.25) is 21.8 Å². The van der Waals surface area contributed by atoms with E-state index in [1.54, 1.807) is 11.0 Å². The molecular weight excluding hydrogens is 485 g/mol. The van der Waals surface area contributed by atoms with Gasteiger partial charge in [-0.05, 0) is 36.6 Å². The molecule has 2 rings (SSSR count). The monoisotopic (exact) mass is 513 g/mol. The van der Waals surface area contributed by atoms with Crippen molar-refractivity contribution < 1.29 is 18.0 Å². The van der Waals surface area contributed by atoms with Crippen LogP contribution in [-0.2, 0) is 26.2 Å². The van der Waals surface area contributed by atoms with E-state index in [9.17, 15) is 18.0 Å². The van der Waals surface area contributed by atoms with Crippen LogP contribution in [-0.4, -0.2) is 51.0 Å². The summed E-state index contributed by atoms with van der Waals surface area (Å²) in [4.78, 5) is 27.2. The first-order chi connectivity index (χ1) is 15.6. The summed E-state index contributed by atoms with van der Waals surface area (Å²) in [5, 5.41) is 3.21. The highest BCUT2D eigenvalue weighted by Gasteiger charge is 2.28. The summed E-state index contributed by atoms with van der Waals surface area (Å²) < 4.78 is 26.0. The summed E-state index contributed by atoms with van der Waals surface area (Å²) in [6.45, 7) is 2.17. The van der Waals surface area contributed by atoms with E-state index in [-0.39, 0.29) is 48.5 Å². The fraction of sp³-hybridized carbons (Fsp3) is 0.391. The molecule has 0 aliphatic rings. The van der Waals surface area contributed by atoms with Gasteiger partial charge >= 0.3 is 0 Å². The highest BCUT2D eigenvalue weighted by Crippen LogP contribution is 2.31. The molecule has 2 aromatic carbocycles. The molecule has 33 heavy (non-hydrogen) atoms. The Morgan fingerprint density at radius 2 is 1.76 bits per heavy atom. The number of hydrogen-bond acceptors (Lipinski definition) is 4. The molecule has 1 atom stereocenters. The summed E-state index contributed by atoms with van der Waals surface area (Å²) in [6, 6.07) is 13.4. The highest BCUT2D eigenvalue weighted by molar-refractivity contribution is 7.92. The van der Waals surface area contributed by atoms with Crippen LogP contribution in [0.1, 0.15) is 31.7 Å². The van der Waals surface area contributed by atoms with Gasteiger partial charge < -0.3 is 10.2 Å². The molecule has 0 aliphatic heterocycles. The van der Waals surface area contributed by atoms with Crippen molar-refractivity contribution in [2.45, 2.75) is 38.8 Å². The standard InChI is InChI=1S/C23H29Cl2N3O4S/c1-4-20(23(30)26-2)27(16-17-9-6-5-7-10-17)22(29)11-8-14-28(33(3,31)32)21-15-18(24)12-13-19(21)25/h5-7,9-10,12-13,15,20H,4,8,11,14,16H2,1-3H3,(H,26,30)/t20-/m0/s1. The Morgan fingerprint density at radius 3 is 2.33 bits per heavy atom. The fourth-order valence-electron chi connectivity index (χ4n) is 3.53. The first-order valence-electron chi connectivity index (χ1n) is 10.6. The Labute approximate surface area is 205 Å². The number of likely N-dealkylation sites (N-methyl/N-ethyl adjacent to an activating group) is 1. The molecule has 7 nitrogen and oxygen atoms in total. The Kier molecular flexibility index (Phi) is 10.0. The van der Waals surface area contributed by atoms with E-state index in [1.165, 1.54) is 19.2 Å². The molecule has 2 aromatic rings. The Hall–Kier alpha value is -2.29. The number of benzene rings is 2. The topological polar surface area (TPSA) is 86.8 Å². The van der Waals surface area contributed by atoms with Crippen molar-refractivity contribution in [2.75, 3.05) is 24.2 Å². The van der Waals surface area contributed by atoms with E-state index in [2.05, 4.69) is 5.32 Å². The quantitative estimate of drug-likeness (QED) is 0.490. The molecule has 0 saturated carbocycles. The summed E-state index contributed by atoms with van der Waals surface area (Å²) in [5.41, 5.74) is 1.16. The minimum absolute atomic E-state index is 0.0422. The number of hydrogen-bond donors (Lipinski definition) is 1. The molecule has 0 aliphatic carbocycles. The van der Waals surface area contributed by atoms with E-state index in [4.69, 9.17) is 23.2 Å². The predicted molar refractivity (Wildman–Crippen MR) is 133 cm³/mol. The van der Waals surface area contributed by atoms with Crippen LogP contribution in [0.15, 0.2) is 48.5 Å². The van der Waals surface area contributed by atoms with Crippen molar-refractivity contribution in [1.29, 1.82) is 0 Å². The summed E-state index contributed by atoms with van der Waals surface area (Å²) in [5.74, 6) is -0.481. The van der Waals surface area contributed by atoms with Crippen LogP contribution in [0.3, 0.4) is 0 Å². The van der Waals surface area contributed by atoms with Crippen LogP contribution in [0.2, 0.25) is 10.0 Å². The van der Waals surface area contributed by atoms with Gasteiger partial charge in [-0.25, -0.2) is 8.42 Å². The molecule has 1 N–H and O–H groups in total. The third-order valence-electron chi connectivity index (χ3n) is 5.16. The average molecular weight is 514 g/mol.